The van der Waals surface area contributed by atoms with Crippen molar-refractivity contribution < 1.29 is 30.0 Å². The zero-order chi connectivity index (χ0) is 38.8. The van der Waals surface area contributed by atoms with Gasteiger partial charge < -0.3 is 46.0 Å². The lowest BCUT2D eigenvalue weighted by Crippen LogP contribution is -2.43. The fourth-order valence-electron chi connectivity index (χ4n) is 6.98. The van der Waals surface area contributed by atoms with Crippen LogP contribution in [0.1, 0.15) is 54.1 Å². The molecule has 0 spiro atoms. The first kappa shape index (κ1) is 36.5. The van der Waals surface area contributed by atoms with E-state index in [4.69, 9.17) is 14.7 Å². The molecule has 0 bridgehead atoms. The summed E-state index contributed by atoms with van der Waals surface area (Å²) in [6, 6.07) is 17.0. The van der Waals surface area contributed by atoms with Gasteiger partial charge in [0.15, 0.2) is 29.3 Å². The number of imidazole rings is 1. The number of nitrogens with zero attached hydrogens (tertiary/aromatic N) is 10. The van der Waals surface area contributed by atoms with E-state index >= 15 is 0 Å². The third-order valence-corrected chi connectivity index (χ3v) is 10.0. The number of anilines is 2. The van der Waals surface area contributed by atoms with Crippen LogP contribution in [0.5, 0.6) is 11.5 Å². The van der Waals surface area contributed by atoms with Crippen LogP contribution in [0.25, 0.3) is 11.2 Å². The number of aromatic hydroxyl groups is 2. The van der Waals surface area contributed by atoms with Gasteiger partial charge in [-0.3, -0.25) is 9.55 Å². The van der Waals surface area contributed by atoms with Crippen molar-refractivity contribution in [2.75, 3.05) is 29.9 Å². The number of tetrazole rings is 1. The molecule has 2 aromatic carbocycles. The van der Waals surface area contributed by atoms with Crippen molar-refractivity contribution >= 4 is 29.0 Å². The summed E-state index contributed by atoms with van der Waals surface area (Å²) in [5, 5.41) is 64.0. The Morgan fingerprint density at radius 1 is 0.964 bits per heavy atom. The van der Waals surface area contributed by atoms with E-state index in [0.717, 1.165) is 16.7 Å². The highest BCUT2D eigenvalue weighted by Gasteiger charge is 2.47. The third kappa shape index (κ3) is 7.59. The number of hydrogen-bond donors (Lipinski definition) is 7. The van der Waals surface area contributed by atoms with Crippen molar-refractivity contribution in [1.29, 1.82) is 0 Å². The van der Waals surface area contributed by atoms with Crippen LogP contribution in [0, 0.1) is 0 Å². The van der Waals surface area contributed by atoms with Crippen LogP contribution in [-0.4, -0.2) is 109 Å². The largest absolute Gasteiger partial charge is 0.508 e. The second-order valence-corrected chi connectivity index (χ2v) is 13.7. The van der Waals surface area contributed by atoms with Gasteiger partial charge in [-0.1, -0.05) is 24.3 Å². The minimum atomic E-state index is -1.39. The summed E-state index contributed by atoms with van der Waals surface area (Å²) in [5.74, 6) is 0.924. The van der Waals surface area contributed by atoms with Gasteiger partial charge in [0.1, 0.15) is 23.7 Å². The zero-order valence-corrected chi connectivity index (χ0v) is 30.3. The molecular formula is C37H41N13O6. The molecule has 8 rings (SSSR count). The monoisotopic (exact) mass is 763 g/mol. The molecule has 0 radical (unpaired) electrons. The van der Waals surface area contributed by atoms with Crippen LogP contribution in [0.4, 0.5) is 16.6 Å². The maximum atomic E-state index is 12.8. The van der Waals surface area contributed by atoms with Gasteiger partial charge in [-0.15, -0.1) is 10.2 Å². The third-order valence-electron chi connectivity index (χ3n) is 10.0. The van der Waals surface area contributed by atoms with Gasteiger partial charge >= 0.3 is 6.03 Å². The van der Waals surface area contributed by atoms with Gasteiger partial charge in [-0.25, -0.2) is 9.78 Å². The number of urea groups is 1. The molecule has 5 atom stereocenters. The minimum absolute atomic E-state index is 0.137. The highest BCUT2D eigenvalue weighted by atomic mass is 16.6. The molecule has 0 aliphatic carbocycles. The number of carbonyl (C=O) groups is 1. The number of fused-ring (bicyclic) bond motifs is 1. The van der Waals surface area contributed by atoms with Crippen molar-refractivity contribution in [2.45, 2.75) is 62.9 Å². The number of rotatable bonds is 12. The average Bonchev–Trinajstić information content (AvgIpc) is 4.03. The normalized spacial score (nSPS) is 20.9. The quantitative estimate of drug-likeness (QED) is 0.0942. The minimum Gasteiger partial charge on any atom is -0.508 e. The van der Waals surface area contributed by atoms with Crippen LogP contribution < -0.4 is 20.9 Å². The molecule has 2 aliphatic rings. The molecule has 6 aromatic rings. The van der Waals surface area contributed by atoms with E-state index in [1.165, 1.54) is 11.1 Å². The molecule has 290 valence electrons. The van der Waals surface area contributed by atoms with E-state index in [9.17, 15) is 25.2 Å². The van der Waals surface area contributed by atoms with E-state index in [1.807, 2.05) is 48.2 Å². The first-order valence-corrected chi connectivity index (χ1v) is 18.3. The van der Waals surface area contributed by atoms with E-state index < -0.39 is 24.5 Å². The first-order valence-electron chi connectivity index (χ1n) is 18.3. The summed E-state index contributed by atoms with van der Waals surface area (Å²) < 4.78 is 7.74. The van der Waals surface area contributed by atoms with Gasteiger partial charge in [0.05, 0.1) is 12.9 Å². The fraction of sp³-hybridized carbons (Fsp3) is 0.351. The van der Waals surface area contributed by atoms with Gasteiger partial charge in [-0.2, -0.15) is 14.8 Å². The molecule has 2 aliphatic heterocycles. The molecular weight excluding hydrogens is 722 g/mol. The number of pyridine rings is 1. The van der Waals surface area contributed by atoms with E-state index in [-0.39, 0.29) is 35.3 Å². The maximum absolute atomic E-state index is 12.8. The molecule has 7 N–H and O–H groups in total. The van der Waals surface area contributed by atoms with Gasteiger partial charge in [-0.05, 0) is 71.6 Å². The second-order valence-electron chi connectivity index (χ2n) is 13.7. The first-order chi connectivity index (χ1) is 27.2. The van der Waals surface area contributed by atoms with E-state index in [2.05, 4.69) is 41.3 Å². The van der Waals surface area contributed by atoms with Crippen LogP contribution in [-0.2, 0) is 17.8 Å². The number of carbonyl (C=O) groups excluding carboxylic acids is 1. The summed E-state index contributed by atoms with van der Waals surface area (Å²) in [5.41, 5.74) is 3.46. The second kappa shape index (κ2) is 15.7. The fourth-order valence-corrected chi connectivity index (χ4v) is 6.98. The number of aromatic nitrogens is 9. The topological polar surface area (TPSA) is 247 Å². The number of nitrogens with one attached hydrogen (secondary N) is 3. The van der Waals surface area contributed by atoms with Crippen LogP contribution in [0.2, 0.25) is 0 Å². The Morgan fingerprint density at radius 3 is 2.36 bits per heavy atom. The van der Waals surface area contributed by atoms with Gasteiger partial charge in [0.2, 0.25) is 11.8 Å². The Hall–Kier alpha value is -6.44. The lowest BCUT2D eigenvalue weighted by molar-refractivity contribution is -0.0384. The van der Waals surface area contributed by atoms with Crippen molar-refractivity contribution in [1.82, 2.24) is 55.3 Å². The predicted octanol–water partition coefficient (Wildman–Crippen LogP) is 1.95. The smallest absolute Gasteiger partial charge is 0.315 e. The van der Waals surface area contributed by atoms with Gasteiger partial charge in [0, 0.05) is 50.5 Å². The highest BCUT2D eigenvalue weighted by molar-refractivity contribution is 5.84. The summed E-state index contributed by atoms with van der Waals surface area (Å²) in [6.07, 6.45) is 0.546. The Bertz CT molecular complexity index is 2230. The number of amides is 2. The van der Waals surface area contributed by atoms with E-state index in [1.54, 1.807) is 41.2 Å². The zero-order valence-electron chi connectivity index (χ0n) is 30.3. The maximum Gasteiger partial charge on any atom is 0.315 e. The van der Waals surface area contributed by atoms with Crippen molar-refractivity contribution in [3.05, 3.63) is 102 Å². The van der Waals surface area contributed by atoms with Crippen LogP contribution >= 0.6 is 0 Å². The number of benzene rings is 2. The predicted molar refractivity (Wildman–Crippen MR) is 200 cm³/mol. The number of aryl methyl sites for hydroxylation is 1. The number of hydrogen-bond acceptors (Lipinski definition) is 15. The number of aliphatic hydroxyl groups is 2. The lowest BCUT2D eigenvalue weighted by Gasteiger charge is -2.22. The molecule has 2 amide bonds. The Kier molecular flexibility index (Phi) is 10.3. The van der Waals surface area contributed by atoms with Crippen molar-refractivity contribution in [3.63, 3.8) is 0 Å². The molecule has 19 nitrogen and oxygen atoms in total. The summed E-state index contributed by atoms with van der Waals surface area (Å²) >= 11 is 0. The van der Waals surface area contributed by atoms with Gasteiger partial charge in [0.25, 0.3) is 0 Å². The highest BCUT2D eigenvalue weighted by Crippen LogP contribution is 2.39. The number of phenolic OH excluding ortho intramolecular Hbond substituents is 2. The molecule has 4 aromatic heterocycles. The van der Waals surface area contributed by atoms with Crippen LogP contribution in [0.15, 0.2) is 79.4 Å². The summed E-state index contributed by atoms with van der Waals surface area (Å²) in [7, 11) is 0. The number of aliphatic hydroxyl groups excluding tert-OH is 2. The molecule has 6 heterocycles. The lowest BCUT2D eigenvalue weighted by atomic mass is 9.91. The molecule has 2 fully saturated rings. The SMILES string of the molecule is CCn1nnc([C@H]2O[C@@H](n3cnc4c(NCC(c5ccc(O)cc5)c5ccc(O)cc5)nc(N5CC[C@@H](NC(=O)NCc6ccncc6)C5)nc43)[C@H](O)[C@@H]2O)n1. The number of ether oxygens (including phenoxy) is 1. The Morgan fingerprint density at radius 2 is 1.68 bits per heavy atom. The summed E-state index contributed by atoms with van der Waals surface area (Å²) in [6.45, 7) is 3.97. The average molecular weight is 764 g/mol. The molecule has 19 heteroatoms. The Balaban J connectivity index is 1.09. The molecule has 0 unspecified atom stereocenters. The van der Waals surface area contributed by atoms with Crippen molar-refractivity contribution in [3.8, 4) is 11.5 Å². The molecule has 0 saturated carbocycles. The number of phenols is 2. The summed E-state index contributed by atoms with van der Waals surface area (Å²) in [4.78, 5) is 34.7. The van der Waals surface area contributed by atoms with Crippen LogP contribution in [0.3, 0.4) is 0 Å². The molecule has 56 heavy (non-hydrogen) atoms. The van der Waals surface area contributed by atoms with Crippen molar-refractivity contribution in [2.24, 2.45) is 0 Å². The Labute approximate surface area is 320 Å². The standard InChI is InChI=1S/C37H41N13O6/c1-2-50-46-33(45-47-50)31-29(53)30(54)35(56-31)49-20-41-28-32(39-18-27(22-3-7-25(51)8-4-22)23-5-9-26(52)10-6-23)43-36(44-34(28)49)48-16-13-24(19-48)42-37(55)40-17-21-11-14-38-15-12-21/h3-12,14-15,20,24,27,29-31,35,51-54H,2,13,16-19H2,1H3,(H,39,43,44)(H2,40,42,55)/t24-,29+,30-,31+,35-/m1/s1. The molecule has 2 saturated heterocycles. The van der Waals surface area contributed by atoms with E-state index in [0.29, 0.717) is 62.1 Å².